The first-order valence-electron chi connectivity index (χ1n) is 7.59. The van der Waals surface area contributed by atoms with Crippen molar-refractivity contribution < 1.29 is 13.6 Å². The van der Waals surface area contributed by atoms with Gasteiger partial charge in [-0.25, -0.2) is 4.39 Å². The summed E-state index contributed by atoms with van der Waals surface area (Å²) < 4.78 is 18.9. The number of nitriles is 1. The van der Waals surface area contributed by atoms with Crippen molar-refractivity contribution in [2.45, 2.75) is 0 Å². The molecule has 0 atom stereocenters. The Kier molecular flexibility index (Phi) is 5.16. The quantitative estimate of drug-likeness (QED) is 0.504. The summed E-state index contributed by atoms with van der Waals surface area (Å²) >= 11 is 5.80. The van der Waals surface area contributed by atoms with Crippen molar-refractivity contribution in [3.05, 3.63) is 82.8 Å². The normalized spacial score (nSPS) is 11.0. The summed E-state index contributed by atoms with van der Waals surface area (Å²) in [5, 5.41) is 12.4. The Morgan fingerprint density at radius 1 is 1.15 bits per heavy atom. The SMILES string of the molecule is N#C/C(=C/c1ccc(-c2cccc(F)c2)o1)C(=O)Nc1ccc(Cl)cc1. The number of hydrogen-bond donors (Lipinski definition) is 1. The molecule has 1 N–H and O–H groups in total. The molecule has 128 valence electrons. The standard InChI is InChI=1S/C20H12ClFN2O2/c21-15-4-6-17(7-5-15)24-20(25)14(12-23)11-18-8-9-19(26-18)13-2-1-3-16(22)10-13/h1-11H,(H,24,25)/b14-11-. The predicted molar refractivity (Wildman–Crippen MR) is 97.8 cm³/mol. The van der Waals surface area contributed by atoms with Gasteiger partial charge < -0.3 is 9.73 Å². The molecule has 0 aliphatic rings. The topological polar surface area (TPSA) is 66.0 Å². The Morgan fingerprint density at radius 3 is 2.62 bits per heavy atom. The van der Waals surface area contributed by atoms with Crippen molar-refractivity contribution in [1.82, 2.24) is 0 Å². The summed E-state index contributed by atoms with van der Waals surface area (Å²) in [5.41, 5.74) is 0.953. The van der Waals surface area contributed by atoms with Gasteiger partial charge in [-0.15, -0.1) is 0 Å². The third-order valence-corrected chi connectivity index (χ3v) is 3.74. The van der Waals surface area contributed by atoms with Gasteiger partial charge in [0.2, 0.25) is 0 Å². The minimum Gasteiger partial charge on any atom is -0.457 e. The molecular formula is C20H12ClFN2O2. The second kappa shape index (κ2) is 7.68. The maximum Gasteiger partial charge on any atom is 0.266 e. The van der Waals surface area contributed by atoms with Crippen LogP contribution in [0, 0.1) is 17.1 Å². The highest BCUT2D eigenvalue weighted by Crippen LogP contribution is 2.24. The molecule has 1 amide bonds. The van der Waals surface area contributed by atoms with E-state index in [1.807, 2.05) is 6.07 Å². The molecule has 0 aliphatic heterocycles. The smallest absolute Gasteiger partial charge is 0.266 e. The molecule has 3 rings (SSSR count). The highest BCUT2D eigenvalue weighted by Gasteiger charge is 2.12. The summed E-state index contributed by atoms with van der Waals surface area (Å²) in [5.74, 6) is -0.201. The number of carbonyl (C=O) groups is 1. The van der Waals surface area contributed by atoms with E-state index in [4.69, 9.17) is 16.0 Å². The second-order valence-corrected chi connectivity index (χ2v) is 5.78. The van der Waals surface area contributed by atoms with Crippen LogP contribution < -0.4 is 5.32 Å². The number of hydrogen-bond acceptors (Lipinski definition) is 3. The fourth-order valence-corrected chi connectivity index (χ4v) is 2.38. The van der Waals surface area contributed by atoms with Gasteiger partial charge in [-0.1, -0.05) is 23.7 Å². The number of halogens is 2. The number of amides is 1. The molecule has 4 nitrogen and oxygen atoms in total. The molecule has 0 saturated carbocycles. The molecule has 6 heteroatoms. The Balaban J connectivity index is 1.80. The molecule has 0 spiro atoms. The first-order chi connectivity index (χ1) is 12.5. The summed E-state index contributed by atoms with van der Waals surface area (Å²) in [6.07, 6.45) is 1.33. The average Bonchev–Trinajstić information content (AvgIpc) is 3.10. The number of carbonyl (C=O) groups excluding carboxylic acids is 1. The Hall–Kier alpha value is -3.36. The lowest BCUT2D eigenvalue weighted by Crippen LogP contribution is -2.13. The summed E-state index contributed by atoms with van der Waals surface area (Å²) in [7, 11) is 0. The van der Waals surface area contributed by atoms with Gasteiger partial charge in [0.15, 0.2) is 0 Å². The number of benzene rings is 2. The number of nitrogens with zero attached hydrogens (tertiary/aromatic N) is 1. The van der Waals surface area contributed by atoms with Gasteiger partial charge >= 0.3 is 0 Å². The molecule has 0 unspecified atom stereocenters. The van der Waals surface area contributed by atoms with Crippen LogP contribution in [0.4, 0.5) is 10.1 Å². The second-order valence-electron chi connectivity index (χ2n) is 5.34. The van der Waals surface area contributed by atoms with Gasteiger partial charge in [-0.2, -0.15) is 5.26 Å². The maximum absolute atomic E-state index is 13.3. The maximum atomic E-state index is 13.3. The van der Waals surface area contributed by atoms with Gasteiger partial charge in [0.05, 0.1) is 0 Å². The Labute approximate surface area is 154 Å². The van der Waals surface area contributed by atoms with Gasteiger partial charge in [0.25, 0.3) is 5.91 Å². The van der Waals surface area contributed by atoms with E-state index in [1.165, 1.54) is 18.2 Å². The zero-order chi connectivity index (χ0) is 18.5. The van der Waals surface area contributed by atoms with Gasteiger partial charge in [0, 0.05) is 22.3 Å². The lowest BCUT2D eigenvalue weighted by Gasteiger charge is -2.03. The molecule has 0 radical (unpaired) electrons. The molecule has 0 fully saturated rings. The van der Waals surface area contributed by atoms with Crippen molar-refractivity contribution in [3.63, 3.8) is 0 Å². The van der Waals surface area contributed by atoms with Gasteiger partial charge in [-0.3, -0.25) is 4.79 Å². The first-order valence-corrected chi connectivity index (χ1v) is 7.97. The number of rotatable bonds is 4. The van der Waals surface area contributed by atoms with E-state index in [0.717, 1.165) is 0 Å². The van der Waals surface area contributed by atoms with E-state index < -0.39 is 5.91 Å². The van der Waals surface area contributed by atoms with E-state index in [0.29, 0.717) is 27.8 Å². The molecule has 0 saturated heterocycles. The van der Waals surface area contributed by atoms with Crippen LogP contribution in [0.2, 0.25) is 5.02 Å². The van der Waals surface area contributed by atoms with E-state index in [9.17, 15) is 14.4 Å². The number of anilines is 1. The van der Waals surface area contributed by atoms with Crippen LogP contribution in [0.15, 0.2) is 70.7 Å². The van der Waals surface area contributed by atoms with E-state index in [2.05, 4.69) is 5.32 Å². The molecule has 0 bridgehead atoms. The van der Waals surface area contributed by atoms with E-state index in [1.54, 1.807) is 48.5 Å². The van der Waals surface area contributed by atoms with Crippen LogP contribution in [0.1, 0.15) is 5.76 Å². The summed E-state index contributed by atoms with van der Waals surface area (Å²) in [4.78, 5) is 12.2. The van der Waals surface area contributed by atoms with Crippen LogP contribution in [0.25, 0.3) is 17.4 Å². The van der Waals surface area contributed by atoms with Crippen molar-refractivity contribution in [2.24, 2.45) is 0 Å². The van der Waals surface area contributed by atoms with E-state index in [-0.39, 0.29) is 11.4 Å². The van der Waals surface area contributed by atoms with Crippen molar-refractivity contribution in [1.29, 1.82) is 5.26 Å². The van der Waals surface area contributed by atoms with Crippen molar-refractivity contribution in [2.75, 3.05) is 5.32 Å². The molecule has 3 aromatic rings. The van der Waals surface area contributed by atoms with Crippen molar-refractivity contribution in [3.8, 4) is 17.4 Å². The molecule has 1 aromatic heterocycles. The third-order valence-electron chi connectivity index (χ3n) is 3.49. The van der Waals surface area contributed by atoms with Gasteiger partial charge in [-0.05, 0) is 48.5 Å². The minimum atomic E-state index is -0.571. The molecule has 26 heavy (non-hydrogen) atoms. The monoisotopic (exact) mass is 366 g/mol. The minimum absolute atomic E-state index is 0.125. The molecule has 1 heterocycles. The van der Waals surface area contributed by atoms with Crippen LogP contribution in [-0.4, -0.2) is 5.91 Å². The average molecular weight is 367 g/mol. The molecular weight excluding hydrogens is 355 g/mol. The predicted octanol–water partition coefficient (Wildman–Crippen LogP) is 5.28. The largest absolute Gasteiger partial charge is 0.457 e. The first kappa shape index (κ1) is 17.5. The van der Waals surface area contributed by atoms with Gasteiger partial charge in [0.1, 0.15) is 29.0 Å². The zero-order valence-corrected chi connectivity index (χ0v) is 14.1. The fraction of sp³-hybridized carbons (Fsp3) is 0. The lowest BCUT2D eigenvalue weighted by molar-refractivity contribution is -0.112. The fourth-order valence-electron chi connectivity index (χ4n) is 2.25. The Bertz CT molecular complexity index is 1020. The summed E-state index contributed by atoms with van der Waals surface area (Å²) in [6, 6.07) is 17.6. The third kappa shape index (κ3) is 4.18. The molecule has 0 aliphatic carbocycles. The van der Waals surface area contributed by atoms with Crippen LogP contribution >= 0.6 is 11.6 Å². The van der Waals surface area contributed by atoms with Crippen LogP contribution in [0.5, 0.6) is 0 Å². The van der Waals surface area contributed by atoms with Crippen LogP contribution in [0.3, 0.4) is 0 Å². The van der Waals surface area contributed by atoms with Crippen LogP contribution in [-0.2, 0) is 4.79 Å². The highest BCUT2D eigenvalue weighted by atomic mass is 35.5. The van der Waals surface area contributed by atoms with Crippen molar-refractivity contribution >= 4 is 29.3 Å². The zero-order valence-electron chi connectivity index (χ0n) is 13.4. The van der Waals surface area contributed by atoms with E-state index >= 15 is 0 Å². The number of furan rings is 1. The summed E-state index contributed by atoms with van der Waals surface area (Å²) in [6.45, 7) is 0. The Morgan fingerprint density at radius 2 is 1.92 bits per heavy atom. The highest BCUT2D eigenvalue weighted by molar-refractivity contribution is 6.30. The molecule has 2 aromatic carbocycles. The lowest BCUT2D eigenvalue weighted by atomic mass is 10.2. The number of nitrogens with one attached hydrogen (secondary N) is 1.